The van der Waals surface area contributed by atoms with Crippen LogP contribution < -0.4 is 21.3 Å². The fraction of sp³-hybridized carbons (Fsp3) is 0.118. The molecule has 7 nitrogen and oxygen atoms in total. The normalized spacial score (nSPS) is 10.4. The van der Waals surface area contributed by atoms with E-state index in [-0.39, 0.29) is 23.3 Å². The second kappa shape index (κ2) is 6.82. The lowest BCUT2D eigenvalue weighted by atomic mass is 10.0. The summed E-state index contributed by atoms with van der Waals surface area (Å²) in [5.74, 6) is 0.263. The number of ether oxygens (including phenoxy) is 1. The Labute approximate surface area is 138 Å². The Bertz CT molecular complexity index is 876. The highest BCUT2D eigenvalue weighted by molar-refractivity contribution is 6.07. The topological polar surface area (TPSA) is 102 Å². The first-order valence-corrected chi connectivity index (χ1v) is 7.48. The number of aromatic nitrogens is 2. The molecule has 0 bridgehead atoms. The molecule has 0 unspecified atom stereocenters. The zero-order chi connectivity index (χ0) is 16.9. The Kier molecular flexibility index (Phi) is 4.42. The minimum atomic E-state index is -0.289. The molecule has 3 rings (SSSR count). The van der Waals surface area contributed by atoms with E-state index in [1.165, 1.54) is 6.33 Å². The minimum absolute atomic E-state index is 0.234. The van der Waals surface area contributed by atoms with Gasteiger partial charge in [-0.25, -0.2) is 4.98 Å². The maximum atomic E-state index is 12.5. The van der Waals surface area contributed by atoms with Gasteiger partial charge in [-0.1, -0.05) is 36.4 Å². The third-order valence-corrected chi connectivity index (χ3v) is 3.46. The molecule has 0 fully saturated rings. The molecule has 122 valence electrons. The Balaban J connectivity index is 1.80. The van der Waals surface area contributed by atoms with Gasteiger partial charge in [-0.2, -0.15) is 4.98 Å². The first kappa shape index (κ1) is 15.5. The van der Waals surface area contributed by atoms with Crippen LogP contribution in [0, 0.1) is 0 Å². The number of nitrogens with zero attached hydrogens (tertiary/aromatic N) is 2. The van der Waals surface area contributed by atoms with Crippen LogP contribution in [0.4, 0.5) is 11.5 Å². The van der Waals surface area contributed by atoms with Crippen molar-refractivity contribution in [3.8, 4) is 5.88 Å². The summed E-state index contributed by atoms with van der Waals surface area (Å²) in [5, 5.41) is 1.86. The van der Waals surface area contributed by atoms with E-state index in [1.807, 2.05) is 43.3 Å². The van der Waals surface area contributed by atoms with E-state index in [1.54, 1.807) is 6.07 Å². The van der Waals surface area contributed by atoms with Crippen molar-refractivity contribution in [3.05, 3.63) is 54.4 Å². The average Bonchev–Trinajstić information content (AvgIpc) is 2.62. The van der Waals surface area contributed by atoms with Gasteiger partial charge in [-0.15, -0.1) is 0 Å². The van der Waals surface area contributed by atoms with Crippen molar-refractivity contribution < 1.29 is 9.53 Å². The zero-order valence-electron chi connectivity index (χ0n) is 13.1. The largest absolute Gasteiger partial charge is 0.476 e. The van der Waals surface area contributed by atoms with E-state index in [4.69, 9.17) is 10.5 Å². The molecule has 2 aromatic carbocycles. The van der Waals surface area contributed by atoms with Crippen molar-refractivity contribution in [1.29, 1.82) is 0 Å². The number of nitrogen functional groups attached to an aromatic ring is 1. The maximum Gasteiger partial charge on any atom is 0.270 e. The van der Waals surface area contributed by atoms with Crippen molar-refractivity contribution >= 4 is 28.2 Å². The number of benzene rings is 2. The number of carbonyl (C=O) groups is 1. The third kappa shape index (κ3) is 3.05. The van der Waals surface area contributed by atoms with Crippen molar-refractivity contribution in [2.45, 2.75) is 6.92 Å². The summed E-state index contributed by atoms with van der Waals surface area (Å²) < 4.78 is 5.30. The molecule has 0 atom stereocenters. The van der Waals surface area contributed by atoms with Crippen LogP contribution in [-0.2, 0) is 0 Å². The Morgan fingerprint density at radius 2 is 1.96 bits per heavy atom. The second-order valence-corrected chi connectivity index (χ2v) is 4.98. The molecule has 7 heteroatoms. The van der Waals surface area contributed by atoms with Crippen LogP contribution in [0.5, 0.6) is 5.88 Å². The molecule has 24 heavy (non-hydrogen) atoms. The number of hydrogen-bond donors (Lipinski definition) is 3. The zero-order valence-corrected chi connectivity index (χ0v) is 13.1. The fourth-order valence-corrected chi connectivity index (χ4v) is 2.34. The van der Waals surface area contributed by atoms with E-state index in [2.05, 4.69) is 20.8 Å². The van der Waals surface area contributed by atoms with Gasteiger partial charge >= 0.3 is 0 Å². The van der Waals surface area contributed by atoms with Gasteiger partial charge in [-0.3, -0.25) is 15.6 Å². The van der Waals surface area contributed by atoms with Crippen LogP contribution in [0.25, 0.3) is 10.8 Å². The summed E-state index contributed by atoms with van der Waals surface area (Å²) in [5.41, 5.74) is 12.0. The van der Waals surface area contributed by atoms with Gasteiger partial charge in [0.05, 0.1) is 6.61 Å². The van der Waals surface area contributed by atoms with Crippen LogP contribution in [0.2, 0.25) is 0 Å². The predicted molar refractivity (Wildman–Crippen MR) is 92.7 cm³/mol. The number of nitrogens with two attached hydrogens (primary N) is 1. The number of amides is 1. The summed E-state index contributed by atoms with van der Waals surface area (Å²) >= 11 is 0. The lowest BCUT2D eigenvalue weighted by molar-refractivity contribution is 0.0964. The Morgan fingerprint density at radius 1 is 1.17 bits per heavy atom. The van der Waals surface area contributed by atoms with Crippen molar-refractivity contribution in [2.24, 2.45) is 0 Å². The molecule has 0 aliphatic carbocycles. The van der Waals surface area contributed by atoms with E-state index in [0.29, 0.717) is 12.2 Å². The van der Waals surface area contributed by atoms with Crippen LogP contribution in [0.3, 0.4) is 0 Å². The van der Waals surface area contributed by atoms with Crippen molar-refractivity contribution in [3.63, 3.8) is 0 Å². The molecule has 0 saturated carbocycles. The number of rotatable bonds is 5. The fourth-order valence-electron chi connectivity index (χ4n) is 2.34. The standard InChI is InChI=1S/C17H17N5O2/c1-2-24-17-14(18)15(19-10-20-17)21-22-16(23)13-9-5-7-11-6-3-4-8-12(11)13/h3-10H,2,18H2,1H3,(H,22,23)(H,19,20,21). The van der Waals surface area contributed by atoms with Crippen LogP contribution in [0.1, 0.15) is 17.3 Å². The molecule has 1 aromatic heterocycles. The van der Waals surface area contributed by atoms with E-state index >= 15 is 0 Å². The van der Waals surface area contributed by atoms with Gasteiger partial charge < -0.3 is 10.5 Å². The number of hydrogen-bond acceptors (Lipinski definition) is 6. The molecular formula is C17H17N5O2. The van der Waals surface area contributed by atoms with E-state index < -0.39 is 0 Å². The quantitative estimate of drug-likeness (QED) is 0.623. The number of nitrogens with one attached hydrogen (secondary N) is 2. The molecule has 0 aliphatic rings. The molecule has 0 saturated heterocycles. The molecular weight excluding hydrogens is 306 g/mol. The van der Waals surface area contributed by atoms with Gasteiger partial charge in [0.2, 0.25) is 5.88 Å². The average molecular weight is 323 g/mol. The molecule has 0 radical (unpaired) electrons. The smallest absolute Gasteiger partial charge is 0.270 e. The minimum Gasteiger partial charge on any atom is -0.476 e. The summed E-state index contributed by atoms with van der Waals surface area (Å²) in [6.45, 7) is 2.26. The van der Waals surface area contributed by atoms with E-state index in [0.717, 1.165) is 10.8 Å². The molecule has 3 aromatic rings. The lowest BCUT2D eigenvalue weighted by Crippen LogP contribution is -2.30. The number of hydrazine groups is 1. The third-order valence-electron chi connectivity index (χ3n) is 3.46. The first-order valence-electron chi connectivity index (χ1n) is 7.48. The summed E-state index contributed by atoms with van der Waals surface area (Å²) in [6, 6.07) is 13.2. The van der Waals surface area contributed by atoms with Gasteiger partial charge in [0, 0.05) is 5.56 Å². The number of carbonyl (C=O) groups excluding carboxylic acids is 1. The van der Waals surface area contributed by atoms with Crippen molar-refractivity contribution in [2.75, 3.05) is 17.8 Å². The molecule has 0 spiro atoms. The lowest BCUT2D eigenvalue weighted by Gasteiger charge is -2.12. The summed E-state index contributed by atoms with van der Waals surface area (Å²) in [6.07, 6.45) is 1.31. The van der Waals surface area contributed by atoms with Gasteiger partial charge in [0.1, 0.15) is 12.0 Å². The second-order valence-electron chi connectivity index (χ2n) is 4.98. The number of fused-ring (bicyclic) bond motifs is 1. The SMILES string of the molecule is CCOc1ncnc(NNC(=O)c2cccc3ccccc23)c1N. The first-order chi connectivity index (χ1) is 11.7. The highest BCUT2D eigenvalue weighted by Gasteiger charge is 2.12. The van der Waals surface area contributed by atoms with Gasteiger partial charge in [0.25, 0.3) is 5.91 Å². The predicted octanol–water partition coefficient (Wildman–Crippen LogP) is 2.37. The number of anilines is 2. The molecule has 4 N–H and O–H groups in total. The van der Waals surface area contributed by atoms with Crippen LogP contribution in [0.15, 0.2) is 48.8 Å². The highest BCUT2D eigenvalue weighted by atomic mass is 16.5. The summed E-state index contributed by atoms with van der Waals surface area (Å²) in [4.78, 5) is 20.4. The van der Waals surface area contributed by atoms with E-state index in [9.17, 15) is 4.79 Å². The van der Waals surface area contributed by atoms with Gasteiger partial charge in [-0.05, 0) is 23.8 Å². The highest BCUT2D eigenvalue weighted by Crippen LogP contribution is 2.24. The van der Waals surface area contributed by atoms with Crippen LogP contribution >= 0.6 is 0 Å². The van der Waals surface area contributed by atoms with Crippen LogP contribution in [-0.4, -0.2) is 22.5 Å². The molecule has 1 amide bonds. The Morgan fingerprint density at radius 3 is 2.79 bits per heavy atom. The van der Waals surface area contributed by atoms with Gasteiger partial charge in [0.15, 0.2) is 5.82 Å². The monoisotopic (exact) mass is 323 g/mol. The summed E-state index contributed by atoms with van der Waals surface area (Å²) in [7, 11) is 0. The molecule has 0 aliphatic heterocycles. The van der Waals surface area contributed by atoms with Crippen molar-refractivity contribution in [1.82, 2.24) is 15.4 Å². The maximum absolute atomic E-state index is 12.5. The molecule has 1 heterocycles. The Hall–Kier alpha value is -3.35.